The highest BCUT2D eigenvalue weighted by molar-refractivity contribution is 5.85. The molecule has 0 aromatic heterocycles. The molecule has 0 saturated carbocycles. The number of hydrogen-bond acceptors (Lipinski definition) is 1. The molecule has 0 heterocycles. The molecule has 2 nitrogen and oxygen atoms in total. The first-order chi connectivity index (χ1) is 6.18. The Bertz CT molecular complexity index is 396. The van der Waals surface area contributed by atoms with Gasteiger partial charge >= 0.3 is 5.97 Å². The number of benzene rings is 1. The highest BCUT2D eigenvalue weighted by atomic mass is 19.1. The predicted molar refractivity (Wildman–Crippen MR) is 45.8 cm³/mol. The average Bonchev–Trinajstić information content (AvgIpc) is 2.46. The van der Waals surface area contributed by atoms with Gasteiger partial charge in [-0.05, 0) is 23.3 Å². The molecule has 1 atom stereocenters. The standard InChI is InChI=1S/C10H7FO2/c11-7-2-4-8-6(5-7)1-3-9(8)10(12)13/h1-5,9H,(H,12,13). The van der Waals surface area contributed by atoms with Crippen LogP contribution in [0.3, 0.4) is 0 Å². The quantitative estimate of drug-likeness (QED) is 0.714. The molecule has 1 aromatic carbocycles. The molecular formula is C10H7FO2. The molecule has 1 N–H and O–H groups in total. The van der Waals surface area contributed by atoms with Gasteiger partial charge in [-0.3, -0.25) is 4.79 Å². The van der Waals surface area contributed by atoms with Gasteiger partial charge in [0.1, 0.15) is 11.7 Å². The maximum absolute atomic E-state index is 12.7. The van der Waals surface area contributed by atoms with Crippen molar-refractivity contribution in [3.8, 4) is 0 Å². The van der Waals surface area contributed by atoms with E-state index >= 15 is 0 Å². The Morgan fingerprint density at radius 3 is 2.92 bits per heavy atom. The molecule has 13 heavy (non-hydrogen) atoms. The van der Waals surface area contributed by atoms with Crippen molar-refractivity contribution in [3.63, 3.8) is 0 Å². The number of hydrogen-bond donors (Lipinski definition) is 1. The largest absolute Gasteiger partial charge is 0.481 e. The predicted octanol–water partition coefficient (Wildman–Crippen LogP) is 2.02. The molecule has 0 fully saturated rings. The fourth-order valence-electron chi connectivity index (χ4n) is 1.49. The molecule has 1 aromatic rings. The van der Waals surface area contributed by atoms with Crippen molar-refractivity contribution in [2.75, 3.05) is 0 Å². The molecule has 0 radical (unpaired) electrons. The van der Waals surface area contributed by atoms with Crippen LogP contribution >= 0.6 is 0 Å². The number of fused-ring (bicyclic) bond motifs is 1. The Kier molecular flexibility index (Phi) is 1.65. The van der Waals surface area contributed by atoms with Crippen molar-refractivity contribution in [1.29, 1.82) is 0 Å². The zero-order chi connectivity index (χ0) is 9.42. The second-order valence-electron chi connectivity index (χ2n) is 2.95. The van der Waals surface area contributed by atoms with E-state index in [1.54, 1.807) is 12.2 Å². The van der Waals surface area contributed by atoms with Gasteiger partial charge < -0.3 is 5.11 Å². The minimum absolute atomic E-state index is 0.338. The normalized spacial score (nSPS) is 18.7. The van der Waals surface area contributed by atoms with E-state index in [9.17, 15) is 9.18 Å². The monoisotopic (exact) mass is 178 g/mol. The van der Waals surface area contributed by atoms with Crippen LogP contribution in [0.2, 0.25) is 0 Å². The minimum atomic E-state index is -0.901. The third kappa shape index (κ3) is 1.22. The Labute approximate surface area is 74.3 Å². The van der Waals surface area contributed by atoms with Crippen LogP contribution in [0, 0.1) is 5.82 Å². The van der Waals surface area contributed by atoms with Gasteiger partial charge in [0.05, 0.1) is 0 Å². The van der Waals surface area contributed by atoms with E-state index in [1.165, 1.54) is 18.2 Å². The Hall–Kier alpha value is -1.64. The fourth-order valence-corrected chi connectivity index (χ4v) is 1.49. The first-order valence-electron chi connectivity index (χ1n) is 3.89. The highest BCUT2D eigenvalue weighted by Gasteiger charge is 2.23. The summed E-state index contributed by atoms with van der Waals surface area (Å²) in [4.78, 5) is 10.7. The van der Waals surface area contributed by atoms with E-state index in [1.807, 2.05) is 0 Å². The molecule has 0 aliphatic heterocycles. The third-order valence-electron chi connectivity index (χ3n) is 2.12. The van der Waals surface area contributed by atoms with Crippen LogP contribution in [0.15, 0.2) is 24.3 Å². The zero-order valence-corrected chi connectivity index (χ0v) is 6.70. The fraction of sp³-hybridized carbons (Fsp3) is 0.100. The molecule has 2 rings (SSSR count). The maximum Gasteiger partial charge on any atom is 0.314 e. The zero-order valence-electron chi connectivity index (χ0n) is 6.70. The summed E-state index contributed by atoms with van der Waals surface area (Å²) in [5.74, 6) is -1.85. The van der Waals surface area contributed by atoms with Gasteiger partial charge in [-0.25, -0.2) is 4.39 Å². The summed E-state index contributed by atoms with van der Waals surface area (Å²) in [5.41, 5.74) is 1.32. The lowest BCUT2D eigenvalue weighted by Crippen LogP contribution is -2.06. The molecular weight excluding hydrogens is 171 g/mol. The maximum atomic E-state index is 12.7. The van der Waals surface area contributed by atoms with Crippen molar-refractivity contribution in [2.45, 2.75) is 5.92 Å². The molecule has 0 spiro atoms. The average molecular weight is 178 g/mol. The third-order valence-corrected chi connectivity index (χ3v) is 2.12. The summed E-state index contributed by atoms with van der Waals surface area (Å²) in [6, 6.07) is 4.14. The van der Waals surface area contributed by atoms with Gasteiger partial charge in [-0.15, -0.1) is 0 Å². The number of halogens is 1. The molecule has 1 aliphatic carbocycles. The van der Waals surface area contributed by atoms with Gasteiger partial charge in [0, 0.05) is 0 Å². The van der Waals surface area contributed by atoms with Gasteiger partial charge in [0.25, 0.3) is 0 Å². The van der Waals surface area contributed by atoms with Crippen molar-refractivity contribution >= 4 is 12.0 Å². The smallest absolute Gasteiger partial charge is 0.314 e. The Morgan fingerprint density at radius 1 is 1.46 bits per heavy atom. The summed E-state index contributed by atoms with van der Waals surface area (Å²) in [5, 5.41) is 8.78. The first kappa shape index (κ1) is 7.98. The van der Waals surface area contributed by atoms with Gasteiger partial charge in [-0.1, -0.05) is 18.2 Å². The SMILES string of the molecule is O=C(O)C1C=Cc2cc(F)ccc21. The molecule has 0 saturated heterocycles. The summed E-state index contributed by atoms with van der Waals surface area (Å²) in [6.45, 7) is 0. The van der Waals surface area contributed by atoms with Crippen LogP contribution < -0.4 is 0 Å². The number of carboxylic acids is 1. The number of carbonyl (C=O) groups is 1. The van der Waals surface area contributed by atoms with Crippen molar-refractivity contribution in [2.24, 2.45) is 0 Å². The van der Waals surface area contributed by atoms with E-state index in [0.717, 1.165) is 0 Å². The van der Waals surface area contributed by atoms with E-state index in [4.69, 9.17) is 5.11 Å². The lowest BCUT2D eigenvalue weighted by Gasteiger charge is -2.04. The number of rotatable bonds is 1. The van der Waals surface area contributed by atoms with Gasteiger partial charge in [-0.2, -0.15) is 0 Å². The summed E-state index contributed by atoms with van der Waals surface area (Å²) >= 11 is 0. The van der Waals surface area contributed by atoms with Crippen LogP contribution in [0.25, 0.3) is 6.08 Å². The summed E-state index contributed by atoms with van der Waals surface area (Å²) in [6.07, 6.45) is 3.20. The summed E-state index contributed by atoms with van der Waals surface area (Å²) in [7, 11) is 0. The highest BCUT2D eigenvalue weighted by Crippen LogP contribution is 2.30. The second-order valence-corrected chi connectivity index (χ2v) is 2.95. The van der Waals surface area contributed by atoms with E-state index < -0.39 is 11.9 Å². The Balaban J connectivity index is 2.49. The van der Waals surface area contributed by atoms with Crippen LogP contribution in [-0.4, -0.2) is 11.1 Å². The molecule has 1 unspecified atom stereocenters. The van der Waals surface area contributed by atoms with E-state index in [0.29, 0.717) is 11.1 Å². The summed E-state index contributed by atoms with van der Waals surface area (Å²) < 4.78 is 12.7. The van der Waals surface area contributed by atoms with Crippen LogP contribution in [-0.2, 0) is 4.79 Å². The van der Waals surface area contributed by atoms with E-state index in [2.05, 4.69) is 0 Å². The molecule has 0 amide bonds. The minimum Gasteiger partial charge on any atom is -0.481 e. The lowest BCUT2D eigenvalue weighted by atomic mass is 10.0. The molecule has 0 bridgehead atoms. The van der Waals surface area contributed by atoms with E-state index in [-0.39, 0.29) is 5.82 Å². The van der Waals surface area contributed by atoms with Crippen molar-refractivity contribution in [1.82, 2.24) is 0 Å². The van der Waals surface area contributed by atoms with Crippen LogP contribution in [0.5, 0.6) is 0 Å². The van der Waals surface area contributed by atoms with Crippen molar-refractivity contribution in [3.05, 3.63) is 41.2 Å². The lowest BCUT2D eigenvalue weighted by molar-refractivity contribution is -0.137. The van der Waals surface area contributed by atoms with Crippen LogP contribution in [0.1, 0.15) is 17.0 Å². The first-order valence-corrected chi connectivity index (χ1v) is 3.89. The number of aliphatic carboxylic acids is 1. The van der Waals surface area contributed by atoms with Crippen LogP contribution in [0.4, 0.5) is 4.39 Å². The van der Waals surface area contributed by atoms with Gasteiger partial charge in [0.15, 0.2) is 0 Å². The molecule has 3 heteroatoms. The van der Waals surface area contributed by atoms with Gasteiger partial charge in [0.2, 0.25) is 0 Å². The molecule has 1 aliphatic rings. The second kappa shape index (κ2) is 2.69. The van der Waals surface area contributed by atoms with Crippen molar-refractivity contribution < 1.29 is 14.3 Å². The Morgan fingerprint density at radius 2 is 2.23 bits per heavy atom. The molecule has 66 valence electrons. The topological polar surface area (TPSA) is 37.3 Å². The number of carboxylic acid groups (broad SMARTS) is 1.